The fraction of sp³-hybridized carbons (Fsp3) is 0.615. The van der Waals surface area contributed by atoms with E-state index in [9.17, 15) is 4.79 Å². The van der Waals surface area contributed by atoms with Gasteiger partial charge in [-0.2, -0.15) is 0 Å². The van der Waals surface area contributed by atoms with Crippen molar-refractivity contribution >= 4 is 28.8 Å². The predicted octanol–water partition coefficient (Wildman–Crippen LogP) is 2.13. The number of hydrogen-bond acceptors (Lipinski definition) is 4. The molecule has 0 bridgehead atoms. The van der Waals surface area contributed by atoms with Gasteiger partial charge in [-0.1, -0.05) is 18.5 Å². The minimum absolute atomic E-state index is 0.0188. The quantitative estimate of drug-likeness (QED) is 0.875. The standard InChI is InChI=1S/C13H20ClN3OS/c1-2-8(15)12(10-5-6-11(14)19-10)17-7-3-4-9(17)13(16)18/h5-6,8-9,12H,2-4,7,15H2,1H3,(H2,16,18). The molecule has 0 spiro atoms. The molecule has 6 heteroatoms. The summed E-state index contributed by atoms with van der Waals surface area (Å²) in [6, 6.07) is 3.69. The van der Waals surface area contributed by atoms with Gasteiger partial charge in [0.15, 0.2) is 0 Å². The van der Waals surface area contributed by atoms with Crippen LogP contribution in [0.1, 0.15) is 37.1 Å². The summed E-state index contributed by atoms with van der Waals surface area (Å²) >= 11 is 7.56. The van der Waals surface area contributed by atoms with Crippen molar-refractivity contribution < 1.29 is 4.79 Å². The van der Waals surface area contributed by atoms with Gasteiger partial charge in [-0.15, -0.1) is 11.3 Å². The number of hydrogen-bond donors (Lipinski definition) is 2. The van der Waals surface area contributed by atoms with Gasteiger partial charge in [0.1, 0.15) is 0 Å². The number of carbonyl (C=O) groups is 1. The molecule has 1 amide bonds. The molecule has 4 N–H and O–H groups in total. The Balaban J connectivity index is 2.30. The molecule has 0 aliphatic carbocycles. The summed E-state index contributed by atoms with van der Waals surface area (Å²) in [5, 5.41) is 0. The maximum Gasteiger partial charge on any atom is 0.234 e. The summed E-state index contributed by atoms with van der Waals surface area (Å²) in [6.07, 6.45) is 2.66. The summed E-state index contributed by atoms with van der Waals surface area (Å²) in [6.45, 7) is 2.92. The Bertz CT molecular complexity index is 451. The molecule has 0 saturated carbocycles. The minimum Gasteiger partial charge on any atom is -0.368 e. The molecule has 1 saturated heterocycles. The lowest BCUT2D eigenvalue weighted by Gasteiger charge is -2.34. The normalized spacial score (nSPS) is 23.4. The van der Waals surface area contributed by atoms with Crippen molar-refractivity contribution in [1.29, 1.82) is 0 Å². The second kappa shape index (κ2) is 6.22. The molecule has 1 aromatic rings. The van der Waals surface area contributed by atoms with Crippen molar-refractivity contribution in [2.45, 2.75) is 44.3 Å². The smallest absolute Gasteiger partial charge is 0.234 e. The SMILES string of the molecule is CCC(N)C(c1ccc(Cl)s1)N1CCCC1C(N)=O. The van der Waals surface area contributed by atoms with Gasteiger partial charge in [0.25, 0.3) is 0 Å². The summed E-state index contributed by atoms with van der Waals surface area (Å²) in [5.41, 5.74) is 11.8. The topological polar surface area (TPSA) is 72.3 Å². The van der Waals surface area contributed by atoms with Crippen molar-refractivity contribution in [1.82, 2.24) is 4.90 Å². The lowest BCUT2D eigenvalue weighted by Crippen LogP contribution is -2.47. The molecular formula is C13H20ClN3OS. The van der Waals surface area contributed by atoms with E-state index in [1.165, 1.54) is 11.3 Å². The van der Waals surface area contributed by atoms with E-state index in [0.29, 0.717) is 0 Å². The van der Waals surface area contributed by atoms with Gasteiger partial charge in [0, 0.05) is 10.9 Å². The number of carbonyl (C=O) groups excluding carboxylic acids is 1. The first-order chi connectivity index (χ1) is 9.04. The van der Waals surface area contributed by atoms with E-state index in [1.807, 2.05) is 12.1 Å². The molecule has 1 aliphatic rings. The number of nitrogens with two attached hydrogens (primary N) is 2. The third-order valence-electron chi connectivity index (χ3n) is 3.74. The molecule has 0 aromatic carbocycles. The van der Waals surface area contributed by atoms with Crippen LogP contribution in [0, 0.1) is 0 Å². The fourth-order valence-electron chi connectivity index (χ4n) is 2.76. The van der Waals surface area contributed by atoms with Crippen LogP contribution in [0.3, 0.4) is 0 Å². The number of likely N-dealkylation sites (tertiary alicyclic amines) is 1. The molecule has 0 radical (unpaired) electrons. The Hall–Kier alpha value is -0.620. The Morgan fingerprint density at radius 2 is 2.37 bits per heavy atom. The highest BCUT2D eigenvalue weighted by Gasteiger charge is 2.37. The molecule has 3 unspecified atom stereocenters. The third-order valence-corrected chi connectivity index (χ3v) is 5.04. The van der Waals surface area contributed by atoms with Crippen molar-refractivity contribution in [2.75, 3.05) is 6.54 Å². The van der Waals surface area contributed by atoms with Crippen molar-refractivity contribution in [2.24, 2.45) is 11.5 Å². The zero-order chi connectivity index (χ0) is 14.0. The van der Waals surface area contributed by atoms with E-state index in [0.717, 1.165) is 35.0 Å². The minimum atomic E-state index is -0.256. The Morgan fingerprint density at radius 1 is 1.63 bits per heavy atom. The highest BCUT2D eigenvalue weighted by atomic mass is 35.5. The number of nitrogens with zero attached hydrogens (tertiary/aromatic N) is 1. The van der Waals surface area contributed by atoms with Gasteiger partial charge in [-0.3, -0.25) is 9.69 Å². The molecule has 4 nitrogen and oxygen atoms in total. The van der Waals surface area contributed by atoms with Crippen LogP contribution in [0.4, 0.5) is 0 Å². The number of thiophene rings is 1. The van der Waals surface area contributed by atoms with Crippen LogP contribution in [0.25, 0.3) is 0 Å². The second-order valence-electron chi connectivity index (χ2n) is 4.96. The lowest BCUT2D eigenvalue weighted by atomic mass is 10.0. The second-order valence-corrected chi connectivity index (χ2v) is 6.70. The molecule has 3 atom stereocenters. The summed E-state index contributed by atoms with van der Waals surface area (Å²) in [7, 11) is 0. The van der Waals surface area contributed by atoms with Crippen LogP contribution >= 0.6 is 22.9 Å². The molecular weight excluding hydrogens is 282 g/mol. The van der Waals surface area contributed by atoms with Gasteiger partial charge in [-0.25, -0.2) is 0 Å². The molecule has 2 heterocycles. The van der Waals surface area contributed by atoms with Gasteiger partial charge in [0.2, 0.25) is 5.91 Å². The fourth-order valence-corrected chi connectivity index (χ4v) is 4.02. The largest absolute Gasteiger partial charge is 0.368 e. The van der Waals surface area contributed by atoms with E-state index in [-0.39, 0.29) is 24.0 Å². The predicted molar refractivity (Wildman–Crippen MR) is 79.3 cm³/mol. The first kappa shape index (κ1) is 14.8. The highest BCUT2D eigenvalue weighted by molar-refractivity contribution is 7.16. The number of primary amides is 1. The Kier molecular flexibility index (Phi) is 4.84. The monoisotopic (exact) mass is 301 g/mol. The van der Waals surface area contributed by atoms with Gasteiger partial charge >= 0.3 is 0 Å². The van der Waals surface area contributed by atoms with Gasteiger partial charge < -0.3 is 11.5 Å². The van der Waals surface area contributed by atoms with E-state index < -0.39 is 0 Å². The van der Waals surface area contributed by atoms with Crippen molar-refractivity contribution in [3.63, 3.8) is 0 Å². The van der Waals surface area contributed by atoms with E-state index >= 15 is 0 Å². The van der Waals surface area contributed by atoms with Crippen LogP contribution in [-0.4, -0.2) is 29.4 Å². The molecule has 2 rings (SSSR count). The molecule has 106 valence electrons. The molecule has 1 aliphatic heterocycles. The molecule has 19 heavy (non-hydrogen) atoms. The number of rotatable bonds is 5. The first-order valence-corrected chi connectivity index (χ1v) is 7.80. The third kappa shape index (κ3) is 3.11. The van der Waals surface area contributed by atoms with Crippen LogP contribution < -0.4 is 11.5 Å². The summed E-state index contributed by atoms with van der Waals surface area (Å²) < 4.78 is 0.748. The van der Waals surface area contributed by atoms with E-state index in [2.05, 4.69) is 11.8 Å². The Labute approximate surface area is 122 Å². The van der Waals surface area contributed by atoms with Crippen LogP contribution in [0.5, 0.6) is 0 Å². The number of amides is 1. The summed E-state index contributed by atoms with van der Waals surface area (Å²) in [5.74, 6) is -0.256. The summed E-state index contributed by atoms with van der Waals surface area (Å²) in [4.78, 5) is 14.9. The van der Waals surface area contributed by atoms with E-state index in [1.54, 1.807) is 0 Å². The van der Waals surface area contributed by atoms with Crippen LogP contribution in [0.2, 0.25) is 4.34 Å². The van der Waals surface area contributed by atoms with Crippen LogP contribution in [-0.2, 0) is 4.79 Å². The lowest BCUT2D eigenvalue weighted by molar-refractivity contribution is -0.123. The molecule has 1 fully saturated rings. The van der Waals surface area contributed by atoms with Crippen molar-refractivity contribution in [3.8, 4) is 0 Å². The maximum atomic E-state index is 11.6. The maximum absolute atomic E-state index is 11.6. The number of halogens is 1. The highest BCUT2D eigenvalue weighted by Crippen LogP contribution is 2.37. The van der Waals surface area contributed by atoms with E-state index in [4.69, 9.17) is 23.1 Å². The van der Waals surface area contributed by atoms with Crippen molar-refractivity contribution in [3.05, 3.63) is 21.3 Å². The zero-order valence-corrected chi connectivity index (χ0v) is 12.6. The van der Waals surface area contributed by atoms with Gasteiger partial charge in [0.05, 0.1) is 16.4 Å². The first-order valence-electron chi connectivity index (χ1n) is 6.60. The van der Waals surface area contributed by atoms with Gasteiger partial charge in [-0.05, 0) is 37.9 Å². The van der Waals surface area contributed by atoms with Crippen LogP contribution in [0.15, 0.2) is 12.1 Å². The Morgan fingerprint density at radius 3 is 2.89 bits per heavy atom. The average molecular weight is 302 g/mol. The average Bonchev–Trinajstić information content (AvgIpc) is 2.99. The molecule has 1 aromatic heterocycles. The zero-order valence-electron chi connectivity index (χ0n) is 11.0.